The molecular weight excluding hydrogens is 298 g/mol. The summed E-state index contributed by atoms with van der Waals surface area (Å²) in [6.45, 7) is 2.65. The highest BCUT2D eigenvalue weighted by molar-refractivity contribution is 8.00. The predicted octanol–water partition coefficient (Wildman–Crippen LogP) is 2.99. The molecule has 0 aliphatic heterocycles. The zero-order chi connectivity index (χ0) is 13.7. The normalized spacial score (nSPS) is 10.6. The Morgan fingerprint density at radius 3 is 2.84 bits per heavy atom. The molecule has 0 saturated carbocycles. The van der Waals surface area contributed by atoms with Crippen molar-refractivity contribution in [1.82, 2.24) is 15.3 Å². The molecule has 2 aromatic heterocycles. The molecule has 0 unspecified atom stereocenters. The van der Waals surface area contributed by atoms with Gasteiger partial charge in [0.25, 0.3) is 5.91 Å². The van der Waals surface area contributed by atoms with Crippen LogP contribution in [0.4, 0.5) is 0 Å². The van der Waals surface area contributed by atoms with Crippen molar-refractivity contribution < 1.29 is 4.79 Å². The van der Waals surface area contributed by atoms with Crippen molar-refractivity contribution in [3.05, 3.63) is 27.2 Å². The molecule has 4 nitrogen and oxygen atoms in total. The predicted molar refractivity (Wildman–Crippen MR) is 81.4 cm³/mol. The number of amides is 1. The minimum Gasteiger partial charge on any atom is -0.351 e. The number of nitrogens with one attached hydrogen (secondary N) is 1. The van der Waals surface area contributed by atoms with Crippen molar-refractivity contribution in [3.63, 3.8) is 0 Å². The molecule has 102 valence electrons. The Hall–Kier alpha value is -0.920. The third kappa shape index (κ3) is 4.29. The minimum atomic E-state index is -0.0909. The summed E-state index contributed by atoms with van der Waals surface area (Å²) in [6, 6.07) is 0. The van der Waals surface area contributed by atoms with E-state index in [-0.39, 0.29) is 5.91 Å². The maximum absolute atomic E-state index is 11.8. The van der Waals surface area contributed by atoms with Crippen LogP contribution >= 0.6 is 34.4 Å². The lowest BCUT2D eigenvalue weighted by atomic mass is 10.3. The maximum atomic E-state index is 11.8. The fraction of sp³-hybridized carbons (Fsp3) is 0.417. The molecule has 0 fully saturated rings. The maximum Gasteiger partial charge on any atom is 0.270 e. The van der Waals surface area contributed by atoms with Gasteiger partial charge in [0.15, 0.2) is 0 Å². The summed E-state index contributed by atoms with van der Waals surface area (Å²) in [6.07, 6.45) is 3.76. The molecule has 0 saturated heterocycles. The Morgan fingerprint density at radius 1 is 1.37 bits per heavy atom. The standard InChI is InChI=1S/C12H15N3OS3/c1-8-6-18-10(14-8)4-3-5-13-11(16)9-7-19-12(15-9)17-2/h6-7H,3-5H2,1-2H3,(H,13,16). The van der Waals surface area contributed by atoms with Crippen LogP contribution in [0.3, 0.4) is 0 Å². The highest BCUT2D eigenvalue weighted by Gasteiger charge is 2.09. The van der Waals surface area contributed by atoms with Crippen molar-refractivity contribution >= 4 is 40.3 Å². The van der Waals surface area contributed by atoms with Crippen molar-refractivity contribution in [2.75, 3.05) is 12.8 Å². The second-order valence-corrected chi connectivity index (χ2v) is 6.80. The van der Waals surface area contributed by atoms with Crippen LogP contribution in [0.5, 0.6) is 0 Å². The van der Waals surface area contributed by atoms with E-state index in [9.17, 15) is 4.79 Å². The molecule has 0 aliphatic carbocycles. The molecule has 0 bridgehead atoms. The fourth-order valence-corrected chi connectivity index (χ4v) is 3.57. The molecule has 2 aromatic rings. The fourth-order valence-electron chi connectivity index (χ4n) is 1.50. The van der Waals surface area contributed by atoms with Crippen molar-refractivity contribution in [1.29, 1.82) is 0 Å². The largest absolute Gasteiger partial charge is 0.351 e. The Balaban J connectivity index is 1.72. The number of hydrogen-bond acceptors (Lipinski definition) is 6. The minimum absolute atomic E-state index is 0.0909. The lowest BCUT2D eigenvalue weighted by molar-refractivity contribution is 0.0948. The van der Waals surface area contributed by atoms with Gasteiger partial charge in [-0.15, -0.1) is 22.7 Å². The summed E-state index contributed by atoms with van der Waals surface area (Å²) >= 11 is 4.73. The third-order valence-electron chi connectivity index (χ3n) is 2.41. The molecule has 19 heavy (non-hydrogen) atoms. The van der Waals surface area contributed by atoms with E-state index >= 15 is 0 Å². The van der Waals surface area contributed by atoms with Gasteiger partial charge in [0.05, 0.1) is 5.01 Å². The average Bonchev–Trinajstić information content (AvgIpc) is 3.03. The molecule has 1 amide bonds. The van der Waals surface area contributed by atoms with Crippen LogP contribution in [0.2, 0.25) is 0 Å². The van der Waals surface area contributed by atoms with Crippen LogP contribution in [0.1, 0.15) is 27.6 Å². The van der Waals surface area contributed by atoms with Gasteiger partial charge in [0.2, 0.25) is 0 Å². The van der Waals surface area contributed by atoms with Gasteiger partial charge < -0.3 is 5.32 Å². The van der Waals surface area contributed by atoms with Crippen LogP contribution in [-0.4, -0.2) is 28.7 Å². The van der Waals surface area contributed by atoms with Gasteiger partial charge in [-0.3, -0.25) is 4.79 Å². The molecule has 1 N–H and O–H groups in total. The summed E-state index contributed by atoms with van der Waals surface area (Å²) in [5.74, 6) is -0.0909. The van der Waals surface area contributed by atoms with Gasteiger partial charge >= 0.3 is 0 Å². The van der Waals surface area contributed by atoms with Crippen molar-refractivity contribution in [2.24, 2.45) is 0 Å². The Kier molecular flexibility index (Phi) is 5.35. The number of rotatable bonds is 6. The first-order chi connectivity index (χ1) is 9.19. The molecule has 2 rings (SSSR count). The zero-order valence-corrected chi connectivity index (χ0v) is 13.3. The molecule has 2 heterocycles. The molecule has 0 spiro atoms. The number of hydrogen-bond donors (Lipinski definition) is 1. The molecule has 0 radical (unpaired) electrons. The Labute approximate surface area is 124 Å². The highest BCUT2D eigenvalue weighted by Crippen LogP contribution is 2.19. The molecule has 7 heteroatoms. The number of thioether (sulfide) groups is 1. The first-order valence-electron chi connectivity index (χ1n) is 5.88. The van der Waals surface area contributed by atoms with E-state index in [1.165, 1.54) is 11.3 Å². The lowest BCUT2D eigenvalue weighted by Crippen LogP contribution is -2.25. The van der Waals surface area contributed by atoms with Gasteiger partial charge in [0, 0.05) is 29.4 Å². The SMILES string of the molecule is CSc1nc(C(=O)NCCCc2nc(C)cs2)cs1. The second kappa shape index (κ2) is 7.02. The van der Waals surface area contributed by atoms with Crippen LogP contribution in [0, 0.1) is 6.92 Å². The van der Waals surface area contributed by atoms with Gasteiger partial charge in [-0.25, -0.2) is 9.97 Å². The van der Waals surface area contributed by atoms with Gasteiger partial charge in [-0.2, -0.15) is 0 Å². The average molecular weight is 313 g/mol. The number of nitrogens with zero attached hydrogens (tertiary/aromatic N) is 2. The summed E-state index contributed by atoms with van der Waals surface area (Å²) in [4.78, 5) is 20.4. The first kappa shape index (κ1) is 14.5. The van der Waals surface area contributed by atoms with E-state index in [4.69, 9.17) is 0 Å². The summed E-state index contributed by atoms with van der Waals surface area (Å²) in [5.41, 5.74) is 1.58. The summed E-state index contributed by atoms with van der Waals surface area (Å²) in [7, 11) is 0. The smallest absolute Gasteiger partial charge is 0.270 e. The highest BCUT2D eigenvalue weighted by atomic mass is 32.2. The summed E-state index contributed by atoms with van der Waals surface area (Å²) < 4.78 is 0.920. The van der Waals surface area contributed by atoms with Gasteiger partial charge in [-0.1, -0.05) is 11.8 Å². The molecular formula is C12H15N3OS3. The van der Waals surface area contributed by atoms with Crippen LogP contribution in [-0.2, 0) is 6.42 Å². The van der Waals surface area contributed by atoms with E-state index in [0.29, 0.717) is 12.2 Å². The molecule has 0 aromatic carbocycles. The van der Waals surface area contributed by atoms with E-state index in [1.807, 2.05) is 18.6 Å². The lowest BCUT2D eigenvalue weighted by Gasteiger charge is -2.01. The Morgan fingerprint density at radius 2 is 2.21 bits per heavy atom. The van der Waals surface area contributed by atoms with E-state index in [1.54, 1.807) is 28.5 Å². The molecule has 0 aliphatic rings. The third-order valence-corrected chi connectivity index (χ3v) is 5.30. The van der Waals surface area contributed by atoms with Crippen LogP contribution < -0.4 is 5.32 Å². The quantitative estimate of drug-likeness (QED) is 0.658. The van der Waals surface area contributed by atoms with Crippen LogP contribution in [0.25, 0.3) is 0 Å². The monoisotopic (exact) mass is 313 g/mol. The second-order valence-electron chi connectivity index (χ2n) is 3.94. The van der Waals surface area contributed by atoms with Gasteiger partial charge in [0.1, 0.15) is 10.0 Å². The van der Waals surface area contributed by atoms with E-state index < -0.39 is 0 Å². The number of carbonyl (C=O) groups excluding carboxylic acids is 1. The number of aromatic nitrogens is 2. The summed E-state index contributed by atoms with van der Waals surface area (Å²) in [5, 5.41) is 7.86. The van der Waals surface area contributed by atoms with Gasteiger partial charge in [-0.05, 0) is 19.6 Å². The van der Waals surface area contributed by atoms with Crippen LogP contribution in [0.15, 0.2) is 15.1 Å². The van der Waals surface area contributed by atoms with Crippen molar-refractivity contribution in [3.8, 4) is 0 Å². The number of aryl methyl sites for hydroxylation is 2. The van der Waals surface area contributed by atoms with E-state index in [0.717, 1.165) is 27.9 Å². The van der Waals surface area contributed by atoms with Crippen molar-refractivity contribution in [2.45, 2.75) is 24.1 Å². The zero-order valence-electron chi connectivity index (χ0n) is 10.8. The topological polar surface area (TPSA) is 54.9 Å². The number of thiazole rings is 2. The molecule has 0 atom stereocenters. The van der Waals surface area contributed by atoms with E-state index in [2.05, 4.69) is 15.3 Å². The Bertz CT molecular complexity index is 550. The first-order valence-corrected chi connectivity index (χ1v) is 8.86. The number of carbonyl (C=O) groups is 1.